The van der Waals surface area contributed by atoms with E-state index in [4.69, 9.17) is 18.9 Å². The highest BCUT2D eigenvalue weighted by molar-refractivity contribution is 5.72. The SMILES string of the molecule is CCCCOCC1O[C@H](c2ccc(C=O)[nH]2)[C@](C)(OCCCC)[C@@H]1OCCCC. The lowest BCUT2D eigenvalue weighted by atomic mass is 9.90. The molecule has 1 aromatic rings. The van der Waals surface area contributed by atoms with Crippen molar-refractivity contribution in [2.24, 2.45) is 0 Å². The zero-order valence-electron chi connectivity index (χ0n) is 18.6. The van der Waals surface area contributed by atoms with Gasteiger partial charge < -0.3 is 23.9 Å². The van der Waals surface area contributed by atoms with Crippen molar-refractivity contribution in [3.8, 4) is 0 Å². The van der Waals surface area contributed by atoms with Gasteiger partial charge in [0.15, 0.2) is 6.29 Å². The van der Waals surface area contributed by atoms with Gasteiger partial charge in [-0.15, -0.1) is 0 Å². The van der Waals surface area contributed by atoms with Crippen LogP contribution >= 0.6 is 0 Å². The number of carbonyl (C=O) groups is 1. The molecule has 1 aliphatic heterocycles. The highest BCUT2D eigenvalue weighted by Crippen LogP contribution is 2.45. The van der Waals surface area contributed by atoms with Crippen LogP contribution in [0.4, 0.5) is 0 Å². The summed E-state index contributed by atoms with van der Waals surface area (Å²) in [6, 6.07) is 3.68. The van der Waals surface area contributed by atoms with Crippen LogP contribution in [-0.2, 0) is 18.9 Å². The van der Waals surface area contributed by atoms with Gasteiger partial charge in [-0.2, -0.15) is 0 Å². The van der Waals surface area contributed by atoms with Crippen LogP contribution in [-0.4, -0.2) is 55.5 Å². The van der Waals surface area contributed by atoms with Crippen molar-refractivity contribution in [1.29, 1.82) is 0 Å². The van der Waals surface area contributed by atoms with Crippen molar-refractivity contribution in [3.63, 3.8) is 0 Å². The van der Waals surface area contributed by atoms with E-state index in [1.165, 1.54) is 0 Å². The molecule has 166 valence electrons. The number of ether oxygens (including phenoxy) is 4. The van der Waals surface area contributed by atoms with Gasteiger partial charge in [-0.1, -0.05) is 40.0 Å². The Hall–Kier alpha value is -1.21. The molecule has 4 atom stereocenters. The van der Waals surface area contributed by atoms with Gasteiger partial charge in [0.1, 0.15) is 23.9 Å². The maximum atomic E-state index is 11.2. The van der Waals surface area contributed by atoms with Crippen molar-refractivity contribution in [1.82, 2.24) is 4.98 Å². The lowest BCUT2D eigenvalue weighted by Gasteiger charge is -2.35. The zero-order chi connectivity index (χ0) is 21.1. The molecular formula is C23H39NO5. The highest BCUT2D eigenvalue weighted by atomic mass is 16.6. The largest absolute Gasteiger partial charge is 0.379 e. The van der Waals surface area contributed by atoms with E-state index >= 15 is 0 Å². The topological polar surface area (TPSA) is 69.8 Å². The first-order chi connectivity index (χ1) is 14.1. The predicted octanol–water partition coefficient (Wildman–Crippen LogP) is 4.84. The Morgan fingerprint density at radius 2 is 1.76 bits per heavy atom. The second kappa shape index (κ2) is 12.5. The predicted molar refractivity (Wildman–Crippen MR) is 113 cm³/mol. The molecule has 0 aromatic carbocycles. The summed E-state index contributed by atoms with van der Waals surface area (Å²) in [6.45, 7) is 11.0. The number of carbonyl (C=O) groups excluding carboxylic acids is 1. The van der Waals surface area contributed by atoms with E-state index in [0.29, 0.717) is 32.1 Å². The monoisotopic (exact) mass is 409 g/mol. The van der Waals surface area contributed by atoms with Crippen LogP contribution in [0.5, 0.6) is 0 Å². The average Bonchev–Trinajstić information content (AvgIpc) is 3.29. The molecule has 29 heavy (non-hydrogen) atoms. The lowest BCUT2D eigenvalue weighted by molar-refractivity contribution is -0.138. The van der Waals surface area contributed by atoms with Crippen LogP contribution in [0.1, 0.15) is 88.5 Å². The summed E-state index contributed by atoms with van der Waals surface area (Å²) in [7, 11) is 0. The first-order valence-corrected chi connectivity index (χ1v) is 11.2. The quantitative estimate of drug-likeness (QED) is 0.331. The van der Waals surface area contributed by atoms with Crippen molar-refractivity contribution >= 4 is 6.29 Å². The number of unbranched alkanes of at least 4 members (excludes halogenated alkanes) is 3. The van der Waals surface area contributed by atoms with Crippen LogP contribution in [0.25, 0.3) is 0 Å². The molecule has 1 fully saturated rings. The van der Waals surface area contributed by atoms with E-state index < -0.39 is 5.60 Å². The maximum absolute atomic E-state index is 11.2. The summed E-state index contributed by atoms with van der Waals surface area (Å²) >= 11 is 0. The van der Waals surface area contributed by atoms with E-state index in [0.717, 1.165) is 50.5 Å². The van der Waals surface area contributed by atoms with E-state index in [9.17, 15) is 4.79 Å². The third-order valence-corrected chi connectivity index (χ3v) is 5.51. The van der Waals surface area contributed by atoms with Crippen LogP contribution in [0, 0.1) is 0 Å². The smallest absolute Gasteiger partial charge is 0.166 e. The molecule has 0 bridgehead atoms. The van der Waals surface area contributed by atoms with Gasteiger partial charge in [-0.25, -0.2) is 0 Å². The Balaban J connectivity index is 2.24. The molecule has 6 nitrogen and oxygen atoms in total. The van der Waals surface area contributed by atoms with E-state index in [1.54, 1.807) is 6.07 Å². The number of aromatic nitrogens is 1. The average molecular weight is 410 g/mol. The Morgan fingerprint density at radius 1 is 1.07 bits per heavy atom. The molecule has 0 spiro atoms. The van der Waals surface area contributed by atoms with Gasteiger partial charge in [0.2, 0.25) is 0 Å². The first-order valence-electron chi connectivity index (χ1n) is 11.2. The van der Waals surface area contributed by atoms with Crippen molar-refractivity contribution in [3.05, 3.63) is 23.5 Å². The van der Waals surface area contributed by atoms with Crippen molar-refractivity contribution < 1.29 is 23.7 Å². The van der Waals surface area contributed by atoms with Gasteiger partial charge in [0.05, 0.1) is 12.3 Å². The number of hydrogen-bond donors (Lipinski definition) is 1. The minimum Gasteiger partial charge on any atom is -0.379 e. The molecule has 2 heterocycles. The van der Waals surface area contributed by atoms with Crippen LogP contribution in [0.15, 0.2) is 12.1 Å². The summed E-state index contributed by atoms with van der Waals surface area (Å²) in [5.74, 6) is 0. The van der Waals surface area contributed by atoms with Crippen molar-refractivity contribution in [2.45, 2.75) is 90.1 Å². The van der Waals surface area contributed by atoms with Crippen LogP contribution in [0.3, 0.4) is 0 Å². The van der Waals surface area contributed by atoms with Gasteiger partial charge in [0.25, 0.3) is 0 Å². The molecule has 1 aromatic heterocycles. The Bertz CT molecular complexity index is 590. The highest BCUT2D eigenvalue weighted by Gasteiger charge is 2.56. The molecular weight excluding hydrogens is 370 g/mol. The summed E-state index contributed by atoms with van der Waals surface area (Å²) < 4.78 is 25.1. The molecule has 0 amide bonds. The Labute approximate surface area is 175 Å². The Morgan fingerprint density at radius 3 is 2.41 bits per heavy atom. The molecule has 2 rings (SSSR count). The number of rotatable bonds is 15. The second-order valence-electron chi connectivity index (χ2n) is 8.00. The standard InChI is InChI=1S/C23H39NO5/c1-5-8-13-26-17-20-22(27-14-9-6-2)23(4,28-15-10-7-3)21(29-20)19-12-11-18(16-25)24-19/h11-12,16,20-22,24H,5-10,13-15,17H2,1-4H3/t20?,21-,22-,23+/m1/s1. The summed E-state index contributed by atoms with van der Waals surface area (Å²) in [5.41, 5.74) is 0.712. The fraction of sp³-hybridized carbons (Fsp3) is 0.783. The number of aldehydes is 1. The summed E-state index contributed by atoms with van der Waals surface area (Å²) in [5, 5.41) is 0. The second-order valence-corrected chi connectivity index (χ2v) is 8.00. The van der Waals surface area contributed by atoms with Gasteiger partial charge in [0, 0.05) is 25.5 Å². The number of nitrogens with one attached hydrogen (secondary N) is 1. The minimum atomic E-state index is -0.660. The van der Waals surface area contributed by atoms with Crippen molar-refractivity contribution in [2.75, 3.05) is 26.4 Å². The zero-order valence-corrected chi connectivity index (χ0v) is 18.6. The number of aromatic amines is 1. The molecule has 1 unspecified atom stereocenters. The fourth-order valence-corrected chi connectivity index (χ4v) is 3.73. The van der Waals surface area contributed by atoms with E-state index in [2.05, 4.69) is 32.7 Å². The molecule has 1 N–H and O–H groups in total. The third kappa shape index (κ3) is 6.38. The third-order valence-electron chi connectivity index (χ3n) is 5.51. The normalized spacial score (nSPS) is 26.8. The van der Waals surface area contributed by atoms with Gasteiger partial charge in [-0.3, -0.25) is 4.79 Å². The fourth-order valence-electron chi connectivity index (χ4n) is 3.73. The molecule has 6 heteroatoms. The number of hydrogen-bond acceptors (Lipinski definition) is 5. The molecule has 0 saturated carbocycles. The van der Waals surface area contributed by atoms with Crippen LogP contribution < -0.4 is 0 Å². The molecule has 1 aliphatic rings. The maximum Gasteiger partial charge on any atom is 0.166 e. The van der Waals surface area contributed by atoms with E-state index in [1.807, 2.05) is 6.07 Å². The Kier molecular flexibility index (Phi) is 10.4. The van der Waals surface area contributed by atoms with Gasteiger partial charge in [-0.05, 0) is 38.3 Å². The summed E-state index contributed by atoms with van der Waals surface area (Å²) in [4.78, 5) is 14.3. The van der Waals surface area contributed by atoms with Crippen LogP contribution in [0.2, 0.25) is 0 Å². The first kappa shape index (κ1) is 24.1. The molecule has 0 radical (unpaired) electrons. The minimum absolute atomic E-state index is 0.219. The van der Waals surface area contributed by atoms with Gasteiger partial charge >= 0.3 is 0 Å². The lowest BCUT2D eigenvalue weighted by Crippen LogP contribution is -2.48. The molecule has 1 saturated heterocycles. The summed E-state index contributed by atoms with van der Waals surface area (Å²) in [6.07, 6.45) is 6.24. The van der Waals surface area contributed by atoms with E-state index in [-0.39, 0.29) is 18.3 Å². The molecule has 0 aliphatic carbocycles. The number of H-pyrrole nitrogens is 1.